The van der Waals surface area contributed by atoms with Crippen molar-refractivity contribution in [1.82, 2.24) is 10.3 Å². The molecule has 1 amide bonds. The molecule has 5 heteroatoms. The standard InChI is InChI=1S/C21H20N2O3/c1-14-5-4-6-15(11-14)9-10-20(24)23-19(21(25)26)12-16-13-22-18-8-3-2-7-17(16)18/h2-11,13,19,22H,12H2,1H3,(H,23,24)(H,25,26)/t19-/m0/s1. The predicted molar refractivity (Wildman–Crippen MR) is 102 cm³/mol. The molecule has 0 saturated heterocycles. The average Bonchev–Trinajstić information content (AvgIpc) is 3.02. The Kier molecular flexibility index (Phi) is 5.17. The second-order valence-corrected chi connectivity index (χ2v) is 6.21. The van der Waals surface area contributed by atoms with Crippen molar-refractivity contribution in [2.45, 2.75) is 19.4 Å². The highest BCUT2D eigenvalue weighted by Crippen LogP contribution is 2.19. The van der Waals surface area contributed by atoms with Gasteiger partial charge in [0.15, 0.2) is 0 Å². The van der Waals surface area contributed by atoms with Crippen LogP contribution in [0.5, 0.6) is 0 Å². The molecule has 3 aromatic rings. The monoisotopic (exact) mass is 348 g/mol. The normalized spacial score (nSPS) is 12.3. The lowest BCUT2D eigenvalue weighted by atomic mass is 10.0. The van der Waals surface area contributed by atoms with Crippen molar-refractivity contribution in [3.8, 4) is 0 Å². The lowest BCUT2D eigenvalue weighted by molar-refractivity contribution is -0.141. The summed E-state index contributed by atoms with van der Waals surface area (Å²) in [6.45, 7) is 1.97. The van der Waals surface area contributed by atoms with Gasteiger partial charge in [0.05, 0.1) is 0 Å². The first-order chi connectivity index (χ1) is 12.5. The van der Waals surface area contributed by atoms with E-state index in [0.717, 1.165) is 27.6 Å². The molecule has 132 valence electrons. The van der Waals surface area contributed by atoms with Gasteiger partial charge in [0, 0.05) is 29.6 Å². The van der Waals surface area contributed by atoms with Crippen molar-refractivity contribution >= 4 is 28.9 Å². The summed E-state index contributed by atoms with van der Waals surface area (Å²) in [5.74, 6) is -1.49. The number of nitrogens with one attached hydrogen (secondary N) is 2. The Morgan fingerprint density at radius 1 is 1.19 bits per heavy atom. The molecule has 0 unspecified atom stereocenters. The van der Waals surface area contributed by atoms with Crippen LogP contribution >= 0.6 is 0 Å². The molecule has 0 fully saturated rings. The molecule has 2 aromatic carbocycles. The molecule has 0 aliphatic heterocycles. The maximum atomic E-state index is 12.1. The molecule has 1 atom stereocenters. The molecular weight excluding hydrogens is 328 g/mol. The van der Waals surface area contributed by atoms with Gasteiger partial charge in [-0.05, 0) is 30.2 Å². The number of hydrogen-bond acceptors (Lipinski definition) is 2. The van der Waals surface area contributed by atoms with Crippen molar-refractivity contribution in [2.24, 2.45) is 0 Å². The number of aromatic amines is 1. The van der Waals surface area contributed by atoms with E-state index in [4.69, 9.17) is 0 Å². The fourth-order valence-electron chi connectivity index (χ4n) is 2.89. The van der Waals surface area contributed by atoms with E-state index in [1.807, 2.05) is 55.5 Å². The first-order valence-electron chi connectivity index (χ1n) is 8.36. The van der Waals surface area contributed by atoms with Gasteiger partial charge in [0.25, 0.3) is 0 Å². The van der Waals surface area contributed by atoms with Crippen molar-refractivity contribution < 1.29 is 14.7 Å². The van der Waals surface area contributed by atoms with Crippen molar-refractivity contribution in [3.05, 3.63) is 77.5 Å². The maximum absolute atomic E-state index is 12.1. The topological polar surface area (TPSA) is 82.2 Å². The minimum Gasteiger partial charge on any atom is -0.480 e. The number of aromatic nitrogens is 1. The fourth-order valence-corrected chi connectivity index (χ4v) is 2.89. The van der Waals surface area contributed by atoms with E-state index in [1.54, 1.807) is 12.3 Å². The molecule has 3 N–H and O–H groups in total. The smallest absolute Gasteiger partial charge is 0.326 e. The number of rotatable bonds is 6. The number of benzene rings is 2. The largest absolute Gasteiger partial charge is 0.480 e. The second kappa shape index (κ2) is 7.70. The zero-order valence-corrected chi connectivity index (χ0v) is 14.4. The molecule has 0 aliphatic carbocycles. The van der Waals surface area contributed by atoms with Crippen LogP contribution in [0, 0.1) is 6.92 Å². The first-order valence-corrected chi connectivity index (χ1v) is 8.36. The van der Waals surface area contributed by atoms with E-state index < -0.39 is 17.9 Å². The third kappa shape index (κ3) is 4.19. The quantitative estimate of drug-likeness (QED) is 0.598. The highest BCUT2D eigenvalue weighted by atomic mass is 16.4. The van der Waals surface area contributed by atoms with Crippen LogP contribution in [0.1, 0.15) is 16.7 Å². The van der Waals surface area contributed by atoms with Crippen LogP contribution in [0.15, 0.2) is 60.8 Å². The Balaban J connectivity index is 1.70. The zero-order chi connectivity index (χ0) is 18.5. The Bertz CT molecular complexity index is 972. The summed E-state index contributed by atoms with van der Waals surface area (Å²) in [7, 11) is 0. The summed E-state index contributed by atoms with van der Waals surface area (Å²) >= 11 is 0. The molecule has 3 rings (SSSR count). The zero-order valence-electron chi connectivity index (χ0n) is 14.4. The van der Waals surface area contributed by atoms with E-state index in [9.17, 15) is 14.7 Å². The SMILES string of the molecule is Cc1cccc(C=CC(=O)N[C@@H](Cc2c[nH]c3ccccc23)C(=O)O)c1. The maximum Gasteiger partial charge on any atom is 0.326 e. The number of para-hydroxylation sites is 1. The van der Waals surface area contributed by atoms with Gasteiger partial charge in [-0.3, -0.25) is 4.79 Å². The molecular formula is C21H20N2O3. The molecule has 0 spiro atoms. The minimum atomic E-state index is -1.06. The van der Waals surface area contributed by atoms with Gasteiger partial charge in [0.1, 0.15) is 6.04 Å². The molecule has 5 nitrogen and oxygen atoms in total. The number of H-pyrrole nitrogens is 1. The van der Waals surface area contributed by atoms with Gasteiger partial charge in [-0.1, -0.05) is 48.0 Å². The number of aryl methyl sites for hydroxylation is 1. The van der Waals surface area contributed by atoms with E-state index in [0.29, 0.717) is 0 Å². The van der Waals surface area contributed by atoms with Crippen molar-refractivity contribution in [2.75, 3.05) is 0 Å². The van der Waals surface area contributed by atoms with Gasteiger partial charge in [0.2, 0.25) is 5.91 Å². The molecule has 26 heavy (non-hydrogen) atoms. The number of hydrogen-bond donors (Lipinski definition) is 3. The number of carboxylic acid groups (broad SMARTS) is 1. The third-order valence-corrected chi connectivity index (χ3v) is 4.18. The number of fused-ring (bicyclic) bond motifs is 1. The van der Waals surface area contributed by atoms with Crippen LogP contribution in [-0.2, 0) is 16.0 Å². The molecule has 1 aromatic heterocycles. The van der Waals surface area contributed by atoms with E-state index in [1.165, 1.54) is 6.08 Å². The predicted octanol–water partition coefficient (Wildman–Crippen LogP) is 3.30. The van der Waals surface area contributed by atoms with E-state index in [-0.39, 0.29) is 6.42 Å². The summed E-state index contributed by atoms with van der Waals surface area (Å²) < 4.78 is 0. The van der Waals surface area contributed by atoms with Crippen LogP contribution < -0.4 is 5.32 Å². The van der Waals surface area contributed by atoms with Crippen molar-refractivity contribution in [3.63, 3.8) is 0 Å². The summed E-state index contributed by atoms with van der Waals surface area (Å²) in [6.07, 6.45) is 5.03. The molecule has 0 bridgehead atoms. The fraction of sp³-hybridized carbons (Fsp3) is 0.143. The molecule has 0 saturated carbocycles. The van der Waals surface area contributed by atoms with Crippen LogP contribution in [0.2, 0.25) is 0 Å². The Morgan fingerprint density at radius 3 is 2.77 bits per heavy atom. The summed E-state index contributed by atoms with van der Waals surface area (Å²) in [4.78, 5) is 26.8. The van der Waals surface area contributed by atoms with Gasteiger partial charge in [-0.15, -0.1) is 0 Å². The summed E-state index contributed by atoms with van der Waals surface area (Å²) in [5, 5.41) is 13.0. The highest BCUT2D eigenvalue weighted by Gasteiger charge is 2.21. The van der Waals surface area contributed by atoms with Crippen LogP contribution in [0.25, 0.3) is 17.0 Å². The molecule has 0 aliphatic rings. The molecule has 1 heterocycles. The van der Waals surface area contributed by atoms with Crippen LogP contribution in [0.3, 0.4) is 0 Å². The van der Waals surface area contributed by atoms with Crippen LogP contribution in [-0.4, -0.2) is 28.0 Å². The van der Waals surface area contributed by atoms with Gasteiger partial charge in [-0.25, -0.2) is 4.79 Å². The lowest BCUT2D eigenvalue weighted by Gasteiger charge is -2.12. The van der Waals surface area contributed by atoms with Gasteiger partial charge in [-0.2, -0.15) is 0 Å². The number of carbonyl (C=O) groups excluding carboxylic acids is 1. The third-order valence-electron chi connectivity index (χ3n) is 4.18. The average molecular weight is 348 g/mol. The Morgan fingerprint density at radius 2 is 2.00 bits per heavy atom. The van der Waals surface area contributed by atoms with Gasteiger partial charge >= 0.3 is 5.97 Å². The van der Waals surface area contributed by atoms with E-state index in [2.05, 4.69) is 10.3 Å². The Labute approximate surface area is 151 Å². The highest BCUT2D eigenvalue weighted by molar-refractivity contribution is 5.94. The van der Waals surface area contributed by atoms with E-state index >= 15 is 0 Å². The summed E-state index contributed by atoms with van der Waals surface area (Å²) in [5.41, 5.74) is 3.78. The Hall–Kier alpha value is -3.34. The number of aliphatic carboxylic acids is 1. The van der Waals surface area contributed by atoms with Crippen molar-refractivity contribution in [1.29, 1.82) is 0 Å². The van der Waals surface area contributed by atoms with Crippen LogP contribution in [0.4, 0.5) is 0 Å². The number of amides is 1. The number of carbonyl (C=O) groups is 2. The lowest BCUT2D eigenvalue weighted by Crippen LogP contribution is -2.41. The van der Waals surface area contributed by atoms with Gasteiger partial charge < -0.3 is 15.4 Å². The molecule has 0 radical (unpaired) electrons. The first kappa shape index (κ1) is 17.5. The second-order valence-electron chi connectivity index (χ2n) is 6.21. The minimum absolute atomic E-state index is 0.212. The number of carboxylic acids is 1. The summed E-state index contributed by atoms with van der Waals surface area (Å²) in [6, 6.07) is 14.4.